The van der Waals surface area contributed by atoms with Crippen molar-refractivity contribution in [3.05, 3.63) is 48.2 Å². The minimum atomic E-state index is -3.38. The minimum Gasteiger partial charge on any atom is -0.465 e. The molecule has 0 aliphatic heterocycles. The van der Waals surface area contributed by atoms with E-state index in [-0.39, 0.29) is 11.6 Å². The molecule has 0 bridgehead atoms. The molecule has 0 aliphatic carbocycles. The van der Waals surface area contributed by atoms with Crippen molar-refractivity contribution in [2.75, 3.05) is 22.9 Å². The lowest BCUT2D eigenvalue weighted by Crippen LogP contribution is -2.17. The van der Waals surface area contributed by atoms with E-state index in [9.17, 15) is 13.2 Å². The van der Waals surface area contributed by atoms with E-state index < -0.39 is 16.0 Å². The summed E-state index contributed by atoms with van der Waals surface area (Å²) in [7, 11) is -2.06. The fraction of sp³-hybridized carbons (Fsp3) is 0.294. The molecule has 0 saturated carbocycles. The maximum absolute atomic E-state index is 11.9. The van der Waals surface area contributed by atoms with Gasteiger partial charge in [-0.25, -0.2) is 18.2 Å². The highest BCUT2D eigenvalue weighted by atomic mass is 32.2. The van der Waals surface area contributed by atoms with Gasteiger partial charge in [-0.05, 0) is 30.7 Å². The zero-order chi connectivity index (χ0) is 18.3. The van der Waals surface area contributed by atoms with Crippen LogP contribution in [0.15, 0.2) is 42.6 Å². The molecule has 8 heteroatoms. The number of methoxy groups -OCH3 is 1. The Balaban J connectivity index is 2.10. The molecule has 1 heterocycles. The average Bonchev–Trinajstić information content (AvgIpc) is 2.61. The number of rotatable bonds is 8. The van der Waals surface area contributed by atoms with Crippen LogP contribution in [0.2, 0.25) is 0 Å². The number of anilines is 3. The molecule has 2 rings (SSSR count). The highest BCUT2D eigenvalue weighted by Gasteiger charge is 2.12. The summed E-state index contributed by atoms with van der Waals surface area (Å²) in [4.78, 5) is 15.9. The number of ether oxygens (including phenoxy) is 1. The van der Waals surface area contributed by atoms with Crippen molar-refractivity contribution in [3.8, 4) is 0 Å². The Bertz CT molecular complexity index is 820. The second-order valence-corrected chi connectivity index (χ2v) is 7.21. The van der Waals surface area contributed by atoms with E-state index in [1.54, 1.807) is 36.4 Å². The Morgan fingerprint density at radius 1 is 1.20 bits per heavy atom. The lowest BCUT2D eigenvalue weighted by atomic mass is 10.1. The molecule has 0 radical (unpaired) electrons. The minimum absolute atomic E-state index is 0.0671. The number of unbranched alkanes of at least 4 members (excludes halogenated alkanes) is 1. The number of esters is 1. The third-order valence-corrected chi connectivity index (χ3v) is 4.75. The van der Waals surface area contributed by atoms with Crippen LogP contribution in [0.4, 0.5) is 17.2 Å². The van der Waals surface area contributed by atoms with Crippen LogP contribution in [-0.2, 0) is 14.8 Å². The maximum atomic E-state index is 11.9. The van der Waals surface area contributed by atoms with Gasteiger partial charge in [-0.15, -0.1) is 0 Å². The van der Waals surface area contributed by atoms with Crippen LogP contribution in [0.5, 0.6) is 0 Å². The first-order valence-corrected chi connectivity index (χ1v) is 9.51. The molecule has 0 fully saturated rings. The third-order valence-electron chi connectivity index (χ3n) is 3.40. The molecule has 0 atom stereocenters. The molecule has 2 aromatic rings. The van der Waals surface area contributed by atoms with Crippen LogP contribution in [0.1, 0.15) is 30.1 Å². The Morgan fingerprint density at radius 2 is 1.96 bits per heavy atom. The largest absolute Gasteiger partial charge is 0.465 e. The fourth-order valence-electron chi connectivity index (χ4n) is 2.11. The van der Waals surface area contributed by atoms with Crippen LogP contribution in [0, 0.1) is 0 Å². The summed E-state index contributed by atoms with van der Waals surface area (Å²) in [6, 6.07) is 10.2. The lowest BCUT2D eigenvalue weighted by molar-refractivity contribution is 0.0602. The molecule has 0 spiro atoms. The van der Waals surface area contributed by atoms with Gasteiger partial charge in [0.15, 0.2) is 0 Å². The summed E-state index contributed by atoms with van der Waals surface area (Å²) in [6.45, 7) is 1.93. The topological polar surface area (TPSA) is 97.4 Å². The van der Waals surface area contributed by atoms with E-state index in [4.69, 9.17) is 4.74 Å². The second kappa shape index (κ2) is 8.48. The molecule has 134 valence electrons. The first-order chi connectivity index (χ1) is 11.9. The Labute approximate surface area is 147 Å². The van der Waals surface area contributed by atoms with Crippen molar-refractivity contribution in [1.82, 2.24) is 4.98 Å². The van der Waals surface area contributed by atoms with Crippen molar-refractivity contribution in [3.63, 3.8) is 0 Å². The number of nitrogens with one attached hydrogen (secondary N) is 2. The van der Waals surface area contributed by atoms with Crippen LogP contribution in [0.25, 0.3) is 0 Å². The summed E-state index contributed by atoms with van der Waals surface area (Å²) < 4.78 is 30.9. The normalized spacial score (nSPS) is 11.0. The van der Waals surface area contributed by atoms with Crippen molar-refractivity contribution in [1.29, 1.82) is 0 Å². The SMILES string of the molecule is CCCCS(=O)(=O)Nc1ccc(Nc2ccccc2C(=O)OC)cn1. The molecule has 7 nitrogen and oxygen atoms in total. The van der Waals surface area contributed by atoms with Gasteiger partial charge in [0.05, 0.1) is 36.0 Å². The molecule has 25 heavy (non-hydrogen) atoms. The molecule has 0 aliphatic rings. The number of hydrogen-bond donors (Lipinski definition) is 2. The first kappa shape index (κ1) is 18.7. The number of nitrogens with zero attached hydrogens (tertiary/aromatic N) is 1. The van der Waals surface area contributed by atoms with E-state index in [1.807, 2.05) is 6.92 Å². The van der Waals surface area contributed by atoms with Gasteiger partial charge in [0, 0.05) is 0 Å². The van der Waals surface area contributed by atoms with E-state index in [1.165, 1.54) is 13.3 Å². The van der Waals surface area contributed by atoms with Gasteiger partial charge in [-0.1, -0.05) is 25.5 Å². The zero-order valence-electron chi connectivity index (χ0n) is 14.2. The molecule has 2 N–H and O–H groups in total. The summed E-state index contributed by atoms with van der Waals surface area (Å²) >= 11 is 0. The van der Waals surface area contributed by atoms with Crippen LogP contribution in [0.3, 0.4) is 0 Å². The number of para-hydroxylation sites is 1. The van der Waals surface area contributed by atoms with Crippen LogP contribution < -0.4 is 10.0 Å². The number of carbonyl (C=O) groups is 1. The predicted octanol–water partition coefficient (Wildman–Crippen LogP) is 3.15. The van der Waals surface area contributed by atoms with Crippen molar-refractivity contribution in [2.45, 2.75) is 19.8 Å². The second-order valence-electron chi connectivity index (χ2n) is 5.37. The van der Waals surface area contributed by atoms with Gasteiger partial charge < -0.3 is 10.1 Å². The average molecular weight is 363 g/mol. The predicted molar refractivity (Wildman–Crippen MR) is 97.6 cm³/mol. The quantitative estimate of drug-likeness (QED) is 0.699. The van der Waals surface area contributed by atoms with Crippen LogP contribution >= 0.6 is 0 Å². The summed E-state index contributed by atoms with van der Waals surface area (Å²) in [5.41, 5.74) is 1.59. The molecule has 1 aromatic heterocycles. The van der Waals surface area contributed by atoms with E-state index in [0.29, 0.717) is 23.4 Å². The van der Waals surface area contributed by atoms with E-state index in [2.05, 4.69) is 15.0 Å². The third kappa shape index (κ3) is 5.46. The van der Waals surface area contributed by atoms with Crippen molar-refractivity contribution >= 4 is 33.2 Å². The number of sulfonamides is 1. The van der Waals surface area contributed by atoms with Crippen molar-refractivity contribution < 1.29 is 17.9 Å². The molecular formula is C17H21N3O4S. The van der Waals surface area contributed by atoms with Gasteiger partial charge in [0.1, 0.15) is 5.82 Å². The summed E-state index contributed by atoms with van der Waals surface area (Å²) in [5, 5.41) is 3.07. The highest BCUT2D eigenvalue weighted by molar-refractivity contribution is 7.92. The summed E-state index contributed by atoms with van der Waals surface area (Å²) in [6.07, 6.45) is 2.89. The standard InChI is InChI=1S/C17H21N3O4S/c1-3-4-11-25(22,23)20-16-10-9-13(12-18-16)19-15-8-6-5-7-14(15)17(21)24-2/h5-10,12,19H,3-4,11H2,1-2H3,(H,18,20). The molecular weight excluding hydrogens is 342 g/mol. The number of benzene rings is 1. The molecule has 1 aromatic carbocycles. The molecule has 0 amide bonds. The molecule has 0 saturated heterocycles. The fourth-order valence-corrected chi connectivity index (χ4v) is 3.32. The van der Waals surface area contributed by atoms with Gasteiger partial charge in [0.25, 0.3) is 0 Å². The zero-order valence-corrected chi connectivity index (χ0v) is 15.0. The number of aromatic nitrogens is 1. The number of carbonyl (C=O) groups excluding carboxylic acids is 1. The summed E-state index contributed by atoms with van der Waals surface area (Å²) in [5.74, 6) is -0.128. The van der Waals surface area contributed by atoms with E-state index in [0.717, 1.165) is 6.42 Å². The Morgan fingerprint density at radius 3 is 2.60 bits per heavy atom. The van der Waals surface area contributed by atoms with Gasteiger partial charge in [-0.2, -0.15) is 0 Å². The Hall–Kier alpha value is -2.61. The van der Waals surface area contributed by atoms with E-state index >= 15 is 0 Å². The molecule has 0 unspecified atom stereocenters. The van der Waals surface area contributed by atoms with Crippen LogP contribution in [-0.4, -0.2) is 32.2 Å². The van der Waals surface area contributed by atoms with Gasteiger partial charge in [-0.3, -0.25) is 4.72 Å². The Kier molecular flexibility index (Phi) is 6.35. The smallest absolute Gasteiger partial charge is 0.339 e. The number of pyridine rings is 1. The van der Waals surface area contributed by atoms with Gasteiger partial charge >= 0.3 is 5.97 Å². The maximum Gasteiger partial charge on any atom is 0.339 e. The first-order valence-electron chi connectivity index (χ1n) is 7.86. The van der Waals surface area contributed by atoms with Crippen molar-refractivity contribution in [2.24, 2.45) is 0 Å². The van der Waals surface area contributed by atoms with Gasteiger partial charge in [0.2, 0.25) is 10.0 Å². The lowest BCUT2D eigenvalue weighted by Gasteiger charge is -2.11. The monoisotopic (exact) mass is 363 g/mol. The number of hydrogen-bond acceptors (Lipinski definition) is 6. The highest BCUT2D eigenvalue weighted by Crippen LogP contribution is 2.22.